The van der Waals surface area contributed by atoms with Gasteiger partial charge in [0, 0.05) is 27.6 Å². The van der Waals surface area contributed by atoms with Gasteiger partial charge in [-0.1, -0.05) is 18.5 Å². The molecule has 2 aromatic carbocycles. The Labute approximate surface area is 189 Å². The fourth-order valence-corrected chi connectivity index (χ4v) is 3.42. The van der Waals surface area contributed by atoms with Gasteiger partial charge in [-0.15, -0.1) is 0 Å². The molecule has 9 heteroatoms. The van der Waals surface area contributed by atoms with Gasteiger partial charge < -0.3 is 23.9 Å². The molecule has 0 bridgehead atoms. The maximum absolute atomic E-state index is 12.3. The van der Waals surface area contributed by atoms with Gasteiger partial charge in [-0.05, 0) is 42.3 Å². The van der Waals surface area contributed by atoms with E-state index in [0.717, 1.165) is 5.56 Å². The minimum absolute atomic E-state index is 0.172. The molecule has 0 aliphatic carbocycles. The number of aryl methyl sites for hydroxylation is 1. The van der Waals surface area contributed by atoms with Crippen molar-refractivity contribution in [2.75, 3.05) is 20.8 Å². The van der Waals surface area contributed by atoms with Crippen LogP contribution in [0.5, 0.6) is 11.5 Å². The number of halogens is 1. The van der Waals surface area contributed by atoms with Gasteiger partial charge in [-0.25, -0.2) is 4.79 Å². The molecule has 1 heterocycles. The average molecular weight is 460 g/mol. The highest BCUT2D eigenvalue weighted by atomic mass is 35.5. The number of nitrogens with one attached hydrogen (secondary N) is 1. The van der Waals surface area contributed by atoms with E-state index < -0.39 is 17.5 Å². The molecular weight excluding hydrogens is 438 g/mol. The maximum atomic E-state index is 12.3. The van der Waals surface area contributed by atoms with Gasteiger partial charge in [0.15, 0.2) is 11.5 Å². The third kappa shape index (κ3) is 5.20. The number of rotatable bonds is 8. The lowest BCUT2D eigenvalue weighted by Gasteiger charge is -2.11. The Morgan fingerprint density at radius 2 is 1.78 bits per heavy atom. The number of amides is 1. The predicted molar refractivity (Wildman–Crippen MR) is 119 cm³/mol. The summed E-state index contributed by atoms with van der Waals surface area (Å²) in [7, 11) is 2.95. The van der Waals surface area contributed by atoms with Crippen molar-refractivity contribution < 1.29 is 28.2 Å². The van der Waals surface area contributed by atoms with Crippen molar-refractivity contribution >= 4 is 34.4 Å². The van der Waals surface area contributed by atoms with Crippen LogP contribution in [0.1, 0.15) is 28.4 Å². The van der Waals surface area contributed by atoms with Crippen LogP contribution in [0.3, 0.4) is 0 Å². The van der Waals surface area contributed by atoms with Gasteiger partial charge in [-0.3, -0.25) is 9.59 Å². The van der Waals surface area contributed by atoms with Crippen LogP contribution in [-0.2, 0) is 22.6 Å². The first-order valence-corrected chi connectivity index (χ1v) is 10.1. The quantitative estimate of drug-likeness (QED) is 0.406. The molecule has 3 rings (SSSR count). The van der Waals surface area contributed by atoms with Gasteiger partial charge >= 0.3 is 11.6 Å². The minimum atomic E-state index is -0.670. The minimum Gasteiger partial charge on any atom is -0.493 e. The molecule has 1 amide bonds. The summed E-state index contributed by atoms with van der Waals surface area (Å²) in [5.74, 6) is -0.277. The number of carbonyl (C=O) groups is 2. The molecule has 168 valence electrons. The summed E-state index contributed by atoms with van der Waals surface area (Å²) in [6.07, 6.45) is 0.678. The Kier molecular flexibility index (Phi) is 7.37. The van der Waals surface area contributed by atoms with Crippen molar-refractivity contribution in [2.45, 2.75) is 20.0 Å². The molecule has 1 aromatic heterocycles. The lowest BCUT2D eigenvalue weighted by atomic mass is 10.1. The Morgan fingerprint density at radius 3 is 2.47 bits per heavy atom. The smallest absolute Gasteiger partial charge is 0.336 e. The van der Waals surface area contributed by atoms with E-state index in [1.807, 2.05) is 6.92 Å². The summed E-state index contributed by atoms with van der Waals surface area (Å²) in [6, 6.07) is 9.27. The number of carbonyl (C=O) groups excluding carboxylic acids is 2. The zero-order valence-electron chi connectivity index (χ0n) is 17.8. The number of hydrogen-bond donors (Lipinski definition) is 1. The highest BCUT2D eigenvalue weighted by Gasteiger charge is 2.14. The number of esters is 1. The van der Waals surface area contributed by atoms with E-state index in [2.05, 4.69) is 5.32 Å². The Bertz CT molecular complexity index is 1220. The first-order valence-electron chi connectivity index (χ1n) is 9.77. The van der Waals surface area contributed by atoms with Crippen LogP contribution in [-0.4, -0.2) is 32.6 Å². The zero-order valence-corrected chi connectivity index (χ0v) is 18.6. The SMILES string of the molecule is CCc1cc2oc(=O)cc(COC(=O)CNC(=O)c3ccc(OC)c(OC)c3)c2cc1Cl. The zero-order chi connectivity index (χ0) is 23.3. The van der Waals surface area contributed by atoms with Crippen molar-refractivity contribution in [3.8, 4) is 11.5 Å². The summed E-state index contributed by atoms with van der Waals surface area (Å²) >= 11 is 6.27. The van der Waals surface area contributed by atoms with E-state index in [1.54, 1.807) is 24.3 Å². The number of ether oxygens (including phenoxy) is 3. The number of benzene rings is 2. The molecule has 0 saturated carbocycles. The van der Waals surface area contributed by atoms with Crippen LogP contribution in [0, 0.1) is 0 Å². The van der Waals surface area contributed by atoms with E-state index in [1.165, 1.54) is 26.4 Å². The van der Waals surface area contributed by atoms with E-state index >= 15 is 0 Å². The van der Waals surface area contributed by atoms with E-state index in [-0.39, 0.29) is 13.2 Å². The molecule has 0 unspecified atom stereocenters. The van der Waals surface area contributed by atoms with Crippen LogP contribution >= 0.6 is 11.6 Å². The fraction of sp³-hybridized carbons (Fsp3) is 0.261. The third-order valence-electron chi connectivity index (χ3n) is 4.81. The van der Waals surface area contributed by atoms with Crippen molar-refractivity contribution in [2.24, 2.45) is 0 Å². The largest absolute Gasteiger partial charge is 0.493 e. The maximum Gasteiger partial charge on any atom is 0.336 e. The number of methoxy groups -OCH3 is 2. The average Bonchev–Trinajstić information content (AvgIpc) is 2.80. The van der Waals surface area contributed by atoms with Gasteiger partial charge in [0.05, 0.1) is 14.2 Å². The molecule has 0 fully saturated rings. The molecule has 8 nitrogen and oxygen atoms in total. The van der Waals surface area contributed by atoms with Gasteiger partial charge in [0.25, 0.3) is 5.91 Å². The van der Waals surface area contributed by atoms with E-state index in [9.17, 15) is 14.4 Å². The van der Waals surface area contributed by atoms with Crippen molar-refractivity contribution in [3.05, 3.63) is 68.5 Å². The molecule has 3 aromatic rings. The second-order valence-electron chi connectivity index (χ2n) is 6.80. The van der Waals surface area contributed by atoms with Crippen LogP contribution in [0.2, 0.25) is 5.02 Å². The lowest BCUT2D eigenvalue weighted by Crippen LogP contribution is -2.30. The van der Waals surface area contributed by atoms with Crippen LogP contribution in [0.15, 0.2) is 45.6 Å². The molecule has 0 aliphatic rings. The monoisotopic (exact) mass is 459 g/mol. The molecule has 0 saturated heterocycles. The second-order valence-corrected chi connectivity index (χ2v) is 7.20. The Morgan fingerprint density at radius 1 is 1.03 bits per heavy atom. The highest BCUT2D eigenvalue weighted by Crippen LogP contribution is 2.28. The number of hydrogen-bond acceptors (Lipinski definition) is 7. The molecule has 0 aliphatic heterocycles. The third-order valence-corrected chi connectivity index (χ3v) is 5.16. The number of fused-ring (bicyclic) bond motifs is 1. The van der Waals surface area contributed by atoms with Crippen molar-refractivity contribution in [1.82, 2.24) is 5.32 Å². The molecule has 32 heavy (non-hydrogen) atoms. The summed E-state index contributed by atoms with van der Waals surface area (Å²) in [5.41, 5.74) is 1.40. The van der Waals surface area contributed by atoms with Crippen LogP contribution in [0.4, 0.5) is 0 Å². The standard InChI is InChI=1S/C23H22ClNO7/c1-4-13-7-19-16(10-17(13)24)15(9-21(26)32-19)12-31-22(27)11-25-23(28)14-5-6-18(29-2)20(8-14)30-3/h5-10H,4,11-12H2,1-3H3,(H,25,28). The summed E-state index contributed by atoms with van der Waals surface area (Å²) in [6.45, 7) is 1.41. The first-order chi connectivity index (χ1) is 15.4. The molecular formula is C23H22ClNO7. The summed E-state index contributed by atoms with van der Waals surface area (Å²) < 4.78 is 20.8. The Hall–Kier alpha value is -3.52. The van der Waals surface area contributed by atoms with Gasteiger partial charge in [0.2, 0.25) is 0 Å². The van der Waals surface area contributed by atoms with Crippen molar-refractivity contribution in [3.63, 3.8) is 0 Å². The first kappa shape index (κ1) is 23.1. The molecule has 0 spiro atoms. The van der Waals surface area contributed by atoms with E-state index in [4.69, 9.17) is 30.2 Å². The van der Waals surface area contributed by atoms with Crippen LogP contribution < -0.4 is 20.4 Å². The summed E-state index contributed by atoms with van der Waals surface area (Å²) in [4.78, 5) is 36.4. The molecule has 1 N–H and O–H groups in total. The fourth-order valence-electron chi connectivity index (χ4n) is 3.12. The van der Waals surface area contributed by atoms with Gasteiger partial charge in [0.1, 0.15) is 18.7 Å². The summed E-state index contributed by atoms with van der Waals surface area (Å²) in [5, 5.41) is 3.59. The van der Waals surface area contributed by atoms with Gasteiger partial charge in [-0.2, -0.15) is 0 Å². The second kappa shape index (κ2) is 10.2. The lowest BCUT2D eigenvalue weighted by molar-refractivity contribution is -0.143. The van der Waals surface area contributed by atoms with Crippen LogP contribution in [0.25, 0.3) is 11.0 Å². The predicted octanol–water partition coefficient (Wildman–Crippen LogP) is 3.50. The topological polar surface area (TPSA) is 104 Å². The molecule has 0 atom stereocenters. The normalized spacial score (nSPS) is 10.6. The van der Waals surface area contributed by atoms with Crippen molar-refractivity contribution in [1.29, 1.82) is 0 Å². The molecule has 0 radical (unpaired) electrons. The van der Waals surface area contributed by atoms with E-state index in [0.29, 0.717) is 45.0 Å². The highest BCUT2D eigenvalue weighted by molar-refractivity contribution is 6.32. The Balaban J connectivity index is 1.65.